The van der Waals surface area contributed by atoms with Crippen molar-refractivity contribution in [2.75, 3.05) is 6.54 Å². The first-order chi connectivity index (χ1) is 8.46. The Morgan fingerprint density at radius 1 is 1.50 bits per heavy atom. The molecule has 4 heteroatoms. The Kier molecular flexibility index (Phi) is 2.52. The summed E-state index contributed by atoms with van der Waals surface area (Å²) in [5.74, 6) is 0.154. The lowest BCUT2D eigenvalue weighted by atomic mass is 9.74. The summed E-state index contributed by atoms with van der Waals surface area (Å²) in [6.45, 7) is 5.28. The predicted octanol–water partition coefficient (Wildman–Crippen LogP) is 1.52. The molecule has 98 valence electrons. The fourth-order valence-electron chi connectivity index (χ4n) is 3.39. The zero-order valence-electron chi connectivity index (χ0n) is 11.1. The largest absolute Gasteiger partial charge is 0.354 e. The number of nitrogens with two attached hydrogens (primary N) is 1. The van der Waals surface area contributed by atoms with Crippen molar-refractivity contribution in [3.8, 4) is 0 Å². The Morgan fingerprint density at radius 3 is 2.94 bits per heavy atom. The van der Waals surface area contributed by atoms with Gasteiger partial charge in [0, 0.05) is 30.9 Å². The third-order valence-electron chi connectivity index (χ3n) is 4.23. The molecule has 3 N–H and O–H groups in total. The molecule has 0 saturated carbocycles. The van der Waals surface area contributed by atoms with Crippen molar-refractivity contribution in [1.29, 1.82) is 0 Å². The van der Waals surface area contributed by atoms with E-state index in [0.717, 1.165) is 19.4 Å². The quantitative estimate of drug-likeness (QED) is 0.790. The van der Waals surface area contributed by atoms with Gasteiger partial charge in [0.1, 0.15) is 0 Å². The zero-order chi connectivity index (χ0) is 12.9. The molecule has 3 rings (SSSR count). The molecule has 0 radical (unpaired) electrons. The number of amides is 1. The second kappa shape index (κ2) is 3.85. The number of fused-ring (bicyclic) bond motifs is 1. The van der Waals surface area contributed by atoms with Crippen LogP contribution < -0.4 is 11.1 Å². The maximum absolute atomic E-state index is 11.4. The normalized spacial score (nSPS) is 30.1. The van der Waals surface area contributed by atoms with Gasteiger partial charge in [0.2, 0.25) is 5.91 Å². The van der Waals surface area contributed by atoms with E-state index in [-0.39, 0.29) is 23.4 Å². The van der Waals surface area contributed by atoms with E-state index in [0.29, 0.717) is 6.42 Å². The topological polar surface area (TPSA) is 60.0 Å². The highest BCUT2D eigenvalue weighted by Gasteiger charge is 2.34. The van der Waals surface area contributed by atoms with Gasteiger partial charge in [0.05, 0.1) is 6.04 Å². The van der Waals surface area contributed by atoms with E-state index in [2.05, 4.69) is 36.0 Å². The first-order valence-corrected chi connectivity index (χ1v) is 6.68. The number of hydrogen-bond acceptors (Lipinski definition) is 2. The molecule has 2 aliphatic rings. The molecule has 1 aliphatic carbocycles. The van der Waals surface area contributed by atoms with E-state index in [1.54, 1.807) is 0 Å². The van der Waals surface area contributed by atoms with Crippen molar-refractivity contribution in [2.45, 2.75) is 45.2 Å². The highest BCUT2D eigenvalue weighted by atomic mass is 16.1. The van der Waals surface area contributed by atoms with Gasteiger partial charge in [-0.3, -0.25) is 4.79 Å². The Hall–Kier alpha value is -1.29. The Labute approximate surface area is 108 Å². The van der Waals surface area contributed by atoms with Crippen LogP contribution in [0, 0.1) is 5.41 Å². The van der Waals surface area contributed by atoms with Gasteiger partial charge >= 0.3 is 0 Å². The van der Waals surface area contributed by atoms with Crippen molar-refractivity contribution in [3.63, 3.8) is 0 Å². The molecule has 2 heterocycles. The fraction of sp³-hybridized carbons (Fsp3) is 0.643. The summed E-state index contributed by atoms with van der Waals surface area (Å²) < 4.78 is 2.27. The summed E-state index contributed by atoms with van der Waals surface area (Å²) in [5, 5.41) is 2.91. The number of nitrogens with one attached hydrogen (secondary N) is 1. The van der Waals surface area contributed by atoms with Gasteiger partial charge in [-0.2, -0.15) is 0 Å². The van der Waals surface area contributed by atoms with Crippen molar-refractivity contribution in [2.24, 2.45) is 11.1 Å². The number of hydrogen-bond donors (Lipinski definition) is 2. The molecule has 1 aromatic heterocycles. The van der Waals surface area contributed by atoms with E-state index < -0.39 is 0 Å². The van der Waals surface area contributed by atoms with Crippen LogP contribution >= 0.6 is 0 Å². The van der Waals surface area contributed by atoms with Crippen molar-refractivity contribution >= 4 is 5.91 Å². The average molecular weight is 247 g/mol. The van der Waals surface area contributed by atoms with E-state index in [1.165, 1.54) is 11.3 Å². The van der Waals surface area contributed by atoms with E-state index >= 15 is 0 Å². The molecule has 2 atom stereocenters. The second-order valence-electron chi connectivity index (χ2n) is 6.44. The van der Waals surface area contributed by atoms with E-state index in [4.69, 9.17) is 5.73 Å². The van der Waals surface area contributed by atoms with Crippen LogP contribution in [0.5, 0.6) is 0 Å². The smallest absolute Gasteiger partial charge is 0.222 e. The van der Waals surface area contributed by atoms with E-state index in [1.807, 2.05) is 0 Å². The Bertz CT molecular complexity index is 489. The van der Waals surface area contributed by atoms with Crippen LogP contribution in [0.3, 0.4) is 0 Å². The molecule has 4 nitrogen and oxygen atoms in total. The molecule has 1 saturated heterocycles. The third-order valence-corrected chi connectivity index (χ3v) is 4.23. The van der Waals surface area contributed by atoms with Gasteiger partial charge in [0.25, 0.3) is 0 Å². The highest BCUT2D eigenvalue weighted by molar-refractivity contribution is 5.78. The molecule has 0 aromatic carbocycles. The molecule has 0 spiro atoms. The Morgan fingerprint density at radius 2 is 2.28 bits per heavy atom. The summed E-state index contributed by atoms with van der Waals surface area (Å²) in [5.41, 5.74) is 9.12. The van der Waals surface area contributed by atoms with Crippen molar-refractivity contribution in [1.82, 2.24) is 9.88 Å². The van der Waals surface area contributed by atoms with Crippen LogP contribution in [0.1, 0.15) is 50.0 Å². The molecule has 0 bridgehead atoms. The number of nitrogens with zero attached hydrogens (tertiary/aromatic N) is 1. The standard InChI is InChI=1S/C14H21N3O/c1-14(2)6-11(15)10-3-4-17(12(10)7-14)9-5-13(18)16-8-9/h3-4,9,11H,5-8,15H2,1-2H3,(H,16,18). The van der Waals surface area contributed by atoms with E-state index in [9.17, 15) is 4.79 Å². The summed E-state index contributed by atoms with van der Waals surface area (Å²) in [6, 6.07) is 2.54. The first-order valence-electron chi connectivity index (χ1n) is 6.68. The lowest BCUT2D eigenvalue weighted by Gasteiger charge is -2.35. The SMILES string of the molecule is CC1(C)Cc2c(ccn2C2CNC(=O)C2)C(N)C1. The molecule has 1 fully saturated rings. The monoisotopic (exact) mass is 247 g/mol. The number of aromatic nitrogens is 1. The summed E-state index contributed by atoms with van der Waals surface area (Å²) in [4.78, 5) is 11.4. The third kappa shape index (κ3) is 1.85. The maximum Gasteiger partial charge on any atom is 0.222 e. The van der Waals surface area contributed by atoms with Gasteiger partial charge in [-0.1, -0.05) is 13.8 Å². The van der Waals surface area contributed by atoms with Gasteiger partial charge in [-0.15, -0.1) is 0 Å². The van der Waals surface area contributed by atoms with Gasteiger partial charge in [0.15, 0.2) is 0 Å². The van der Waals surface area contributed by atoms with Crippen LogP contribution in [0.15, 0.2) is 12.3 Å². The summed E-state index contributed by atoms with van der Waals surface area (Å²) in [7, 11) is 0. The predicted molar refractivity (Wildman–Crippen MR) is 70.1 cm³/mol. The van der Waals surface area contributed by atoms with Gasteiger partial charge < -0.3 is 15.6 Å². The number of rotatable bonds is 1. The molecular weight excluding hydrogens is 226 g/mol. The summed E-state index contributed by atoms with van der Waals surface area (Å²) in [6.07, 6.45) is 4.78. The number of carbonyl (C=O) groups excluding carboxylic acids is 1. The zero-order valence-corrected chi connectivity index (χ0v) is 11.1. The van der Waals surface area contributed by atoms with Crippen molar-refractivity contribution in [3.05, 3.63) is 23.5 Å². The average Bonchev–Trinajstić information content (AvgIpc) is 2.82. The first kappa shape index (κ1) is 11.8. The Balaban J connectivity index is 1.97. The van der Waals surface area contributed by atoms with Crippen LogP contribution in [0.4, 0.5) is 0 Å². The van der Waals surface area contributed by atoms with Crippen LogP contribution in [-0.4, -0.2) is 17.0 Å². The van der Waals surface area contributed by atoms with Crippen LogP contribution in [0.2, 0.25) is 0 Å². The molecule has 1 aromatic rings. The minimum atomic E-state index is 0.134. The second-order valence-corrected chi connectivity index (χ2v) is 6.44. The molecule has 2 unspecified atom stereocenters. The molecule has 1 amide bonds. The minimum Gasteiger partial charge on any atom is -0.354 e. The lowest BCUT2D eigenvalue weighted by molar-refractivity contribution is -0.119. The van der Waals surface area contributed by atoms with Crippen LogP contribution in [0.25, 0.3) is 0 Å². The van der Waals surface area contributed by atoms with Gasteiger partial charge in [-0.25, -0.2) is 0 Å². The molecular formula is C14H21N3O. The molecule has 18 heavy (non-hydrogen) atoms. The van der Waals surface area contributed by atoms with Gasteiger partial charge in [-0.05, 0) is 29.9 Å². The summed E-state index contributed by atoms with van der Waals surface area (Å²) >= 11 is 0. The lowest BCUT2D eigenvalue weighted by Crippen LogP contribution is -2.31. The van der Waals surface area contributed by atoms with Crippen LogP contribution in [-0.2, 0) is 11.2 Å². The van der Waals surface area contributed by atoms with Crippen molar-refractivity contribution < 1.29 is 4.79 Å². The number of carbonyl (C=O) groups is 1. The maximum atomic E-state index is 11.4. The highest BCUT2D eigenvalue weighted by Crippen LogP contribution is 2.41. The minimum absolute atomic E-state index is 0.134. The fourth-order valence-corrected chi connectivity index (χ4v) is 3.39. The molecule has 1 aliphatic heterocycles.